The molecule has 3 rings (SSSR count). The Labute approximate surface area is 161 Å². The van der Waals surface area contributed by atoms with Gasteiger partial charge in [-0.15, -0.1) is 0 Å². The van der Waals surface area contributed by atoms with E-state index < -0.39 is 11.8 Å². The molecule has 0 aromatic heterocycles. The van der Waals surface area contributed by atoms with E-state index in [1.807, 2.05) is 24.3 Å². The Bertz CT molecular complexity index is 768. The molecule has 0 bridgehead atoms. The smallest absolute Gasteiger partial charge is 0.312 e. The third-order valence-corrected chi connectivity index (χ3v) is 4.90. The van der Waals surface area contributed by atoms with E-state index in [1.54, 1.807) is 4.90 Å². The van der Waals surface area contributed by atoms with Crippen LogP contribution in [-0.2, 0) is 16.0 Å². The molecule has 1 N–H and O–H groups in total. The number of aryl methyl sites for hydroxylation is 2. The average molecular weight is 365 g/mol. The lowest BCUT2D eigenvalue weighted by Gasteiger charge is -2.35. The molecule has 2 aromatic rings. The minimum Gasteiger partial charge on any atom is -0.368 e. The lowest BCUT2D eigenvalue weighted by molar-refractivity contribution is -0.146. The van der Waals surface area contributed by atoms with Crippen molar-refractivity contribution in [2.45, 2.75) is 19.8 Å². The quantitative estimate of drug-likeness (QED) is 0.654. The molecular weight excluding hydrogens is 338 g/mol. The summed E-state index contributed by atoms with van der Waals surface area (Å²) in [5.41, 5.74) is 3.64. The van der Waals surface area contributed by atoms with Gasteiger partial charge >= 0.3 is 11.8 Å². The molecule has 0 spiro atoms. The molecule has 1 heterocycles. The van der Waals surface area contributed by atoms with Gasteiger partial charge in [-0.2, -0.15) is 0 Å². The monoisotopic (exact) mass is 365 g/mol. The van der Waals surface area contributed by atoms with Gasteiger partial charge in [-0.25, -0.2) is 0 Å². The predicted octanol–water partition coefficient (Wildman–Crippen LogP) is 2.39. The molecule has 5 nitrogen and oxygen atoms in total. The van der Waals surface area contributed by atoms with Crippen LogP contribution in [-0.4, -0.2) is 49.4 Å². The molecule has 0 radical (unpaired) electrons. The van der Waals surface area contributed by atoms with Crippen molar-refractivity contribution < 1.29 is 9.59 Å². The zero-order chi connectivity index (χ0) is 19.1. The second-order valence-corrected chi connectivity index (χ2v) is 6.96. The fraction of sp³-hybridized carbons (Fsp3) is 0.364. The minimum atomic E-state index is -0.493. The summed E-state index contributed by atoms with van der Waals surface area (Å²) in [6, 6.07) is 18.5. The predicted molar refractivity (Wildman–Crippen MR) is 108 cm³/mol. The summed E-state index contributed by atoms with van der Waals surface area (Å²) in [5, 5.41) is 2.76. The summed E-state index contributed by atoms with van der Waals surface area (Å²) < 4.78 is 0. The Hall–Kier alpha value is -2.82. The van der Waals surface area contributed by atoms with Crippen molar-refractivity contribution in [2.24, 2.45) is 0 Å². The number of carbonyl (C=O) groups excluding carboxylic acids is 2. The standard InChI is InChI=1S/C22H27N3O2/c1-18-7-5-11-20(17-18)24-13-15-25(16-14-24)22(27)21(26)23-12-6-10-19-8-3-2-4-9-19/h2-5,7-9,11,17H,6,10,12-16H2,1H3,(H,23,26). The first-order valence-electron chi connectivity index (χ1n) is 9.56. The van der Waals surface area contributed by atoms with Crippen LogP contribution in [0.15, 0.2) is 54.6 Å². The number of hydrogen-bond donors (Lipinski definition) is 1. The lowest BCUT2D eigenvalue weighted by atomic mass is 10.1. The molecule has 1 aliphatic rings. The summed E-state index contributed by atoms with van der Waals surface area (Å²) in [5.74, 6) is -0.911. The third-order valence-electron chi connectivity index (χ3n) is 4.90. The molecule has 5 heteroatoms. The van der Waals surface area contributed by atoms with Crippen molar-refractivity contribution in [1.29, 1.82) is 0 Å². The van der Waals surface area contributed by atoms with Crippen molar-refractivity contribution in [3.8, 4) is 0 Å². The van der Waals surface area contributed by atoms with Crippen LogP contribution in [0.5, 0.6) is 0 Å². The summed E-state index contributed by atoms with van der Waals surface area (Å²) in [6.07, 6.45) is 1.72. The van der Waals surface area contributed by atoms with Crippen molar-refractivity contribution >= 4 is 17.5 Å². The van der Waals surface area contributed by atoms with E-state index in [0.29, 0.717) is 19.6 Å². The number of anilines is 1. The van der Waals surface area contributed by atoms with Crippen LogP contribution >= 0.6 is 0 Å². The van der Waals surface area contributed by atoms with E-state index in [-0.39, 0.29) is 0 Å². The molecule has 142 valence electrons. The molecular formula is C22H27N3O2. The minimum absolute atomic E-state index is 0.418. The van der Waals surface area contributed by atoms with Crippen molar-refractivity contribution in [3.63, 3.8) is 0 Å². The fourth-order valence-electron chi connectivity index (χ4n) is 3.35. The largest absolute Gasteiger partial charge is 0.368 e. The number of nitrogens with zero attached hydrogens (tertiary/aromatic N) is 2. The number of benzene rings is 2. The van der Waals surface area contributed by atoms with Gasteiger partial charge in [0.05, 0.1) is 0 Å². The number of carbonyl (C=O) groups is 2. The highest BCUT2D eigenvalue weighted by molar-refractivity contribution is 6.35. The van der Waals surface area contributed by atoms with E-state index in [0.717, 1.165) is 25.9 Å². The van der Waals surface area contributed by atoms with Gasteiger partial charge in [0.15, 0.2) is 0 Å². The molecule has 1 aliphatic heterocycles. The van der Waals surface area contributed by atoms with Gasteiger partial charge in [-0.1, -0.05) is 42.5 Å². The Morgan fingerprint density at radius 2 is 1.70 bits per heavy atom. The van der Waals surface area contributed by atoms with E-state index in [1.165, 1.54) is 16.8 Å². The third kappa shape index (κ3) is 5.33. The maximum Gasteiger partial charge on any atom is 0.312 e. The van der Waals surface area contributed by atoms with Gasteiger partial charge in [0.2, 0.25) is 0 Å². The van der Waals surface area contributed by atoms with Gasteiger partial charge in [-0.05, 0) is 43.0 Å². The van der Waals surface area contributed by atoms with Crippen LogP contribution < -0.4 is 10.2 Å². The van der Waals surface area contributed by atoms with Gasteiger partial charge in [0, 0.05) is 38.4 Å². The van der Waals surface area contributed by atoms with Crippen LogP contribution in [0, 0.1) is 6.92 Å². The van der Waals surface area contributed by atoms with E-state index in [9.17, 15) is 9.59 Å². The maximum absolute atomic E-state index is 12.4. The van der Waals surface area contributed by atoms with Gasteiger partial charge in [0.1, 0.15) is 0 Å². The highest BCUT2D eigenvalue weighted by Gasteiger charge is 2.25. The van der Waals surface area contributed by atoms with Crippen molar-refractivity contribution in [2.75, 3.05) is 37.6 Å². The number of amides is 2. The Kier molecular flexibility index (Phi) is 6.47. The summed E-state index contributed by atoms with van der Waals surface area (Å²) >= 11 is 0. The lowest BCUT2D eigenvalue weighted by Crippen LogP contribution is -2.52. The molecule has 2 aromatic carbocycles. The summed E-state index contributed by atoms with van der Waals surface area (Å²) in [6.45, 7) is 5.23. The molecule has 27 heavy (non-hydrogen) atoms. The SMILES string of the molecule is Cc1cccc(N2CCN(C(=O)C(=O)NCCCc3ccccc3)CC2)c1. The summed E-state index contributed by atoms with van der Waals surface area (Å²) in [7, 11) is 0. The Morgan fingerprint density at radius 1 is 0.963 bits per heavy atom. The number of rotatable bonds is 5. The van der Waals surface area contributed by atoms with E-state index >= 15 is 0 Å². The van der Waals surface area contributed by atoms with Gasteiger partial charge in [-0.3, -0.25) is 9.59 Å². The highest BCUT2D eigenvalue weighted by Crippen LogP contribution is 2.17. The number of piperazine rings is 1. The first-order chi connectivity index (χ1) is 13.1. The van der Waals surface area contributed by atoms with Crippen molar-refractivity contribution in [1.82, 2.24) is 10.2 Å². The number of nitrogens with one attached hydrogen (secondary N) is 1. The first kappa shape index (κ1) is 19.0. The van der Waals surface area contributed by atoms with Crippen LogP contribution in [0.2, 0.25) is 0 Å². The maximum atomic E-state index is 12.4. The Balaban J connectivity index is 1.40. The summed E-state index contributed by atoms with van der Waals surface area (Å²) in [4.78, 5) is 28.4. The van der Waals surface area contributed by atoms with Crippen LogP contribution in [0.3, 0.4) is 0 Å². The fourth-order valence-corrected chi connectivity index (χ4v) is 3.35. The number of hydrogen-bond acceptors (Lipinski definition) is 3. The zero-order valence-corrected chi connectivity index (χ0v) is 15.9. The van der Waals surface area contributed by atoms with E-state index in [2.05, 4.69) is 47.5 Å². The molecule has 0 aliphatic carbocycles. The second kappa shape index (κ2) is 9.21. The molecule has 0 unspecified atom stereocenters. The van der Waals surface area contributed by atoms with Crippen LogP contribution in [0.1, 0.15) is 17.5 Å². The average Bonchev–Trinajstić information content (AvgIpc) is 2.71. The zero-order valence-electron chi connectivity index (χ0n) is 15.9. The van der Waals surface area contributed by atoms with Gasteiger partial charge in [0.25, 0.3) is 0 Å². The first-order valence-corrected chi connectivity index (χ1v) is 9.56. The second-order valence-electron chi connectivity index (χ2n) is 6.96. The highest BCUT2D eigenvalue weighted by atomic mass is 16.2. The molecule has 2 amide bonds. The molecule has 1 fully saturated rings. The Morgan fingerprint density at radius 3 is 2.41 bits per heavy atom. The van der Waals surface area contributed by atoms with Crippen LogP contribution in [0.25, 0.3) is 0 Å². The van der Waals surface area contributed by atoms with Gasteiger partial charge < -0.3 is 15.1 Å². The molecule has 0 atom stereocenters. The van der Waals surface area contributed by atoms with Crippen LogP contribution in [0.4, 0.5) is 5.69 Å². The topological polar surface area (TPSA) is 52.7 Å². The van der Waals surface area contributed by atoms with Crippen molar-refractivity contribution in [3.05, 3.63) is 65.7 Å². The normalized spacial score (nSPS) is 14.1. The molecule has 1 saturated heterocycles. The van der Waals surface area contributed by atoms with E-state index in [4.69, 9.17) is 0 Å². The molecule has 0 saturated carbocycles.